The Hall–Kier alpha value is -1.30. The molecule has 0 radical (unpaired) electrons. The fraction of sp³-hybridized carbons (Fsp3) is 0.965. The summed E-state index contributed by atoms with van der Waals surface area (Å²) < 4.78 is 66.0. The van der Waals surface area contributed by atoms with Gasteiger partial charge in [0.1, 0.15) is 104 Å². The molecule has 10 rings (SSSR count). The molecule has 0 aromatic carbocycles. The normalized spacial score (nSPS) is 55.9. The van der Waals surface area contributed by atoms with Gasteiger partial charge in [0.2, 0.25) is 0 Å². The molecule has 1 unspecified atom stereocenters. The molecular formula is C57H94O26. The molecule has 0 spiro atoms. The molecule has 10 aliphatic rings. The van der Waals surface area contributed by atoms with Crippen molar-refractivity contribution < 1.29 is 129 Å². The molecule has 83 heavy (non-hydrogen) atoms. The van der Waals surface area contributed by atoms with Crippen molar-refractivity contribution in [2.75, 3.05) is 19.8 Å². The van der Waals surface area contributed by atoms with Crippen molar-refractivity contribution >= 4 is 0 Å². The summed E-state index contributed by atoms with van der Waals surface area (Å²) in [6.07, 6.45) is -28.7. The zero-order valence-corrected chi connectivity index (χ0v) is 48.3. The van der Waals surface area contributed by atoms with Crippen molar-refractivity contribution in [2.24, 2.45) is 46.3 Å². The second-order valence-electron chi connectivity index (χ2n) is 26.6. The molecule has 0 amide bonds. The zero-order valence-electron chi connectivity index (χ0n) is 48.3. The van der Waals surface area contributed by atoms with Crippen LogP contribution in [0.2, 0.25) is 0 Å². The quantitative estimate of drug-likeness (QED) is 0.0680. The summed E-state index contributed by atoms with van der Waals surface area (Å²) in [5.74, 6) is -0.251. The second-order valence-corrected chi connectivity index (χ2v) is 26.6. The van der Waals surface area contributed by atoms with Crippen molar-refractivity contribution in [2.45, 2.75) is 278 Å². The third-order valence-electron chi connectivity index (χ3n) is 21.5. The Morgan fingerprint density at radius 3 is 1.78 bits per heavy atom. The smallest absolute Gasteiger partial charge is 0.187 e. The van der Waals surface area contributed by atoms with Crippen molar-refractivity contribution in [1.82, 2.24) is 0 Å². The molecule has 6 saturated heterocycles. The predicted molar refractivity (Wildman–Crippen MR) is 280 cm³/mol. The highest BCUT2D eigenvalue weighted by atomic mass is 16.8. The number of allylic oxidation sites excluding steroid dienone is 1. The minimum absolute atomic E-state index is 0.0625. The van der Waals surface area contributed by atoms with E-state index < -0.39 is 179 Å². The average molecular weight is 1200 g/mol. The molecule has 6 aliphatic heterocycles. The van der Waals surface area contributed by atoms with Gasteiger partial charge in [-0.2, -0.15) is 0 Å². The summed E-state index contributed by atoms with van der Waals surface area (Å²) in [6, 6.07) is 0. The number of hydrogen-bond acceptors (Lipinski definition) is 26. The van der Waals surface area contributed by atoms with E-state index in [0.29, 0.717) is 43.4 Å². The van der Waals surface area contributed by atoms with Gasteiger partial charge in [-0.1, -0.05) is 39.3 Å². The first-order valence-electron chi connectivity index (χ1n) is 30.1. The van der Waals surface area contributed by atoms with Gasteiger partial charge in [-0.3, -0.25) is 0 Å². The fourth-order valence-corrected chi connectivity index (χ4v) is 16.4. The number of ether oxygens (including phenoxy) is 11. The Bertz CT molecular complexity index is 2200. The lowest BCUT2D eigenvalue weighted by Crippen LogP contribution is -2.66. The summed E-state index contributed by atoms with van der Waals surface area (Å²) >= 11 is 0. The van der Waals surface area contributed by atoms with Crippen LogP contribution < -0.4 is 0 Å². The molecule has 26 nitrogen and oxygen atoms in total. The van der Waals surface area contributed by atoms with E-state index in [1.807, 2.05) is 6.92 Å². The molecule has 36 atom stereocenters. The van der Waals surface area contributed by atoms with Crippen LogP contribution in [-0.2, 0) is 52.1 Å². The van der Waals surface area contributed by atoms with E-state index in [9.17, 15) is 76.6 Å². The summed E-state index contributed by atoms with van der Waals surface area (Å²) in [7, 11) is 0. The molecule has 0 aromatic heterocycles. The van der Waals surface area contributed by atoms with E-state index in [2.05, 4.69) is 26.8 Å². The van der Waals surface area contributed by atoms with Gasteiger partial charge in [-0.15, -0.1) is 0 Å². The van der Waals surface area contributed by atoms with Crippen LogP contribution in [0, 0.1) is 46.3 Å². The van der Waals surface area contributed by atoms with Crippen LogP contribution in [-0.4, -0.2) is 268 Å². The molecule has 0 aromatic rings. The maximum atomic E-state index is 12.1. The first-order chi connectivity index (χ1) is 39.2. The highest BCUT2D eigenvalue weighted by molar-refractivity contribution is 5.26. The Labute approximate surface area is 483 Å². The molecule has 0 bridgehead atoms. The fourth-order valence-electron chi connectivity index (χ4n) is 16.4. The Kier molecular flexibility index (Phi) is 19.6. The summed E-state index contributed by atoms with van der Waals surface area (Å²) in [5.41, 5.74) is 1.08. The van der Waals surface area contributed by atoms with E-state index in [1.165, 1.54) is 19.4 Å². The van der Waals surface area contributed by atoms with E-state index in [1.54, 1.807) is 6.92 Å². The lowest BCUT2D eigenvalue weighted by atomic mass is 9.47. The van der Waals surface area contributed by atoms with Crippen molar-refractivity contribution in [1.29, 1.82) is 0 Å². The largest absolute Gasteiger partial charge is 0.394 e. The Morgan fingerprint density at radius 2 is 1.11 bits per heavy atom. The number of hydrogen-bond donors (Lipinski definition) is 15. The Balaban J connectivity index is 0.737. The van der Waals surface area contributed by atoms with Crippen LogP contribution in [0.25, 0.3) is 0 Å². The van der Waals surface area contributed by atoms with Crippen molar-refractivity contribution in [3.8, 4) is 0 Å². The van der Waals surface area contributed by atoms with Gasteiger partial charge in [-0.25, -0.2) is 0 Å². The van der Waals surface area contributed by atoms with Crippen LogP contribution in [0.15, 0.2) is 11.6 Å². The van der Waals surface area contributed by atoms with Gasteiger partial charge in [-0.05, 0) is 113 Å². The van der Waals surface area contributed by atoms with E-state index in [4.69, 9.17) is 52.1 Å². The van der Waals surface area contributed by atoms with Gasteiger partial charge < -0.3 is 129 Å². The molecule has 478 valence electrons. The predicted octanol–water partition coefficient (Wildman–Crippen LogP) is -3.13. The second kappa shape index (κ2) is 25.2. The molecule has 15 N–H and O–H groups in total. The lowest BCUT2D eigenvalue weighted by molar-refractivity contribution is -0.390. The summed E-state index contributed by atoms with van der Waals surface area (Å²) in [4.78, 5) is 0. The molecule has 3 saturated carbocycles. The minimum Gasteiger partial charge on any atom is -0.394 e. The van der Waals surface area contributed by atoms with Crippen LogP contribution in [0.1, 0.15) is 106 Å². The van der Waals surface area contributed by atoms with Crippen LogP contribution >= 0.6 is 0 Å². The van der Waals surface area contributed by atoms with Gasteiger partial charge in [0, 0.05) is 12.3 Å². The maximum absolute atomic E-state index is 12.1. The summed E-state index contributed by atoms with van der Waals surface area (Å²) in [6.45, 7) is 12.0. The standard InChI is InChI=1S/C57H94O26/c1-21(20-73-50-43(68)39(64)37(62)32(18-58)78-50)10-15-57(72)22(2)34-31(83-57)17-30-28-9-8-26-16-27(11-13-55(26,6)29(28)12-14-56(30,34)7)77-54-49(40(65)36(61)24(4)75-54)82-53-46(71)42(67)48(33(19-59)79-53)81-52-45(70)41(66)47(25(5)76-52)80-51-44(69)38(63)35(60)23(3)74-51/h8,21-25,27-54,58-72H,9-20H2,1-7H3/t21?,22-,23-,24-,25-,27-,28+,29-,30-,31-,32+,33+,34-,35-,36-,37+,38+,39-,40+,41-,42+,43+,44+,45+,46+,47-,48+,49+,50+,51-,52-,53-,54-,55-,56-,57+/m0/s1. The topological polar surface area (TPSA) is 405 Å². The zero-order chi connectivity index (χ0) is 60.1. The number of aliphatic hydroxyl groups excluding tert-OH is 14. The van der Waals surface area contributed by atoms with Crippen LogP contribution in [0.3, 0.4) is 0 Å². The van der Waals surface area contributed by atoms with Gasteiger partial charge >= 0.3 is 0 Å². The average Bonchev–Trinajstić information content (AvgIpc) is 1.82. The Morgan fingerprint density at radius 1 is 0.566 bits per heavy atom. The van der Waals surface area contributed by atoms with Crippen molar-refractivity contribution in [3.05, 3.63) is 11.6 Å². The molecular weight excluding hydrogens is 1100 g/mol. The first-order valence-corrected chi connectivity index (χ1v) is 30.1. The molecule has 6 heterocycles. The van der Waals surface area contributed by atoms with Crippen LogP contribution in [0.5, 0.6) is 0 Å². The number of aliphatic hydroxyl groups is 15. The van der Waals surface area contributed by atoms with E-state index in [0.717, 1.165) is 32.1 Å². The molecule has 4 aliphatic carbocycles. The monoisotopic (exact) mass is 1190 g/mol. The number of rotatable bonds is 16. The number of fused-ring (bicyclic) bond motifs is 7. The van der Waals surface area contributed by atoms with Gasteiger partial charge in [0.05, 0.1) is 50.3 Å². The maximum Gasteiger partial charge on any atom is 0.187 e. The SMILES string of the molecule is CC(CC[C@@]1(O)O[C@H]2C[C@H]3[C@@H]4CC=C5C[C@@H](O[C@@H]6O[C@@H](C)[C@H](O)[C@@H](O)[C@H]6O[C@@H]6O[C@H](CO)[C@@H](O[C@@H]7O[C@@H](C)[C@H](O[C@@H]8O[C@@H](C)[C@H](O)[C@@H](O)[C@H]8O)[C@@H](O)[C@H]7O)[C@H](O)[C@H]6O)CC[C@]5(C)[C@H]4CC[C@]3(C)[C@H]2[C@@H]1C)CO[C@@H]1O[C@H](CO)[C@@H](O)[C@H](O)[C@H]1O. The third kappa shape index (κ3) is 11.8. The first kappa shape index (κ1) is 64.7. The highest BCUT2D eigenvalue weighted by Gasteiger charge is 2.68. The summed E-state index contributed by atoms with van der Waals surface area (Å²) in [5, 5.41) is 162. The van der Waals surface area contributed by atoms with E-state index >= 15 is 0 Å². The van der Waals surface area contributed by atoms with Crippen molar-refractivity contribution in [3.63, 3.8) is 0 Å². The molecule has 9 fully saturated rings. The molecule has 26 heteroatoms. The third-order valence-corrected chi connectivity index (χ3v) is 21.5. The van der Waals surface area contributed by atoms with Gasteiger partial charge in [0.25, 0.3) is 0 Å². The van der Waals surface area contributed by atoms with E-state index in [-0.39, 0.29) is 41.3 Å². The van der Waals surface area contributed by atoms with Crippen LogP contribution in [0.4, 0.5) is 0 Å². The van der Waals surface area contributed by atoms with Gasteiger partial charge in [0.15, 0.2) is 37.2 Å². The minimum atomic E-state index is -1.92. The highest BCUT2D eigenvalue weighted by Crippen LogP contribution is 2.70. The lowest BCUT2D eigenvalue weighted by Gasteiger charge is -2.58.